The van der Waals surface area contributed by atoms with Crippen LogP contribution in [0.15, 0.2) is 0 Å². The maximum Gasteiger partial charge on any atom is 0.251 e. The van der Waals surface area contributed by atoms with Gasteiger partial charge in [-0.15, -0.1) is 0 Å². The molecule has 0 aromatic carbocycles. The summed E-state index contributed by atoms with van der Waals surface area (Å²) in [6.45, 7) is -0.661. The van der Waals surface area contributed by atoms with Crippen molar-refractivity contribution in [1.82, 2.24) is 10.2 Å². The van der Waals surface area contributed by atoms with E-state index in [0.717, 1.165) is 25.7 Å². The molecule has 4 nitrogen and oxygen atoms in total. The van der Waals surface area contributed by atoms with E-state index in [1.54, 1.807) is 0 Å². The van der Waals surface area contributed by atoms with Gasteiger partial charge in [-0.05, 0) is 12.8 Å². The predicted molar refractivity (Wildman–Crippen MR) is 69.2 cm³/mol. The lowest BCUT2D eigenvalue weighted by Crippen LogP contribution is -2.44. The molecule has 0 saturated heterocycles. The summed E-state index contributed by atoms with van der Waals surface area (Å²) in [4.78, 5) is 13.1. The Labute approximate surface area is 113 Å². The molecule has 112 valence electrons. The molecule has 1 fully saturated rings. The number of nitrogens with one attached hydrogen (secondary N) is 1. The molecule has 0 heterocycles. The summed E-state index contributed by atoms with van der Waals surface area (Å²) >= 11 is 0. The number of hydrogen-bond donors (Lipinski definition) is 2. The van der Waals surface area contributed by atoms with Crippen LogP contribution in [0.2, 0.25) is 0 Å². The van der Waals surface area contributed by atoms with Crippen molar-refractivity contribution in [2.75, 3.05) is 26.2 Å². The largest absolute Gasteiger partial charge is 0.395 e. The quantitative estimate of drug-likeness (QED) is 0.692. The van der Waals surface area contributed by atoms with Crippen LogP contribution in [0.25, 0.3) is 0 Å². The molecule has 2 N–H and O–H groups in total. The van der Waals surface area contributed by atoms with Crippen molar-refractivity contribution in [2.45, 2.75) is 51.0 Å². The summed E-state index contributed by atoms with van der Waals surface area (Å²) in [7, 11) is 0. The van der Waals surface area contributed by atoms with Crippen LogP contribution < -0.4 is 5.32 Å². The van der Waals surface area contributed by atoms with E-state index in [0.29, 0.717) is 0 Å². The fourth-order valence-electron chi connectivity index (χ4n) is 2.47. The minimum absolute atomic E-state index is 0.0681. The molecule has 0 spiro atoms. The van der Waals surface area contributed by atoms with E-state index in [1.807, 2.05) is 0 Å². The number of nitrogens with zero attached hydrogens (tertiary/aromatic N) is 1. The standard InChI is InChI=1S/C13H24F2N2O2/c14-12(15)9-17(7-8-18)10-13(19)16-11-5-3-1-2-4-6-11/h11-12,18H,1-10H2,(H,16,19). The Morgan fingerprint density at radius 2 is 1.89 bits per heavy atom. The summed E-state index contributed by atoms with van der Waals surface area (Å²) in [6.07, 6.45) is 4.09. The molecule has 0 unspecified atom stereocenters. The van der Waals surface area contributed by atoms with Crippen molar-refractivity contribution in [1.29, 1.82) is 0 Å². The number of rotatable bonds is 7. The number of carbonyl (C=O) groups is 1. The second-order valence-corrected chi connectivity index (χ2v) is 5.11. The zero-order valence-electron chi connectivity index (χ0n) is 11.3. The maximum absolute atomic E-state index is 12.3. The van der Waals surface area contributed by atoms with Gasteiger partial charge in [0.15, 0.2) is 0 Å². The molecule has 1 saturated carbocycles. The van der Waals surface area contributed by atoms with Crippen molar-refractivity contribution >= 4 is 5.91 Å². The van der Waals surface area contributed by atoms with Crippen LogP contribution in [0.4, 0.5) is 8.78 Å². The maximum atomic E-state index is 12.3. The van der Waals surface area contributed by atoms with Crippen LogP contribution in [-0.2, 0) is 4.79 Å². The lowest BCUT2D eigenvalue weighted by molar-refractivity contribution is -0.123. The van der Waals surface area contributed by atoms with Gasteiger partial charge in [-0.25, -0.2) is 8.78 Å². The van der Waals surface area contributed by atoms with Gasteiger partial charge in [0.05, 0.1) is 19.7 Å². The van der Waals surface area contributed by atoms with Gasteiger partial charge in [0.1, 0.15) is 0 Å². The summed E-state index contributed by atoms with van der Waals surface area (Å²) in [5.41, 5.74) is 0. The van der Waals surface area contributed by atoms with Crippen molar-refractivity contribution < 1.29 is 18.7 Å². The molecule has 1 aliphatic carbocycles. The van der Waals surface area contributed by atoms with E-state index in [9.17, 15) is 13.6 Å². The van der Waals surface area contributed by atoms with Crippen LogP contribution >= 0.6 is 0 Å². The van der Waals surface area contributed by atoms with E-state index in [2.05, 4.69) is 5.32 Å². The smallest absolute Gasteiger partial charge is 0.251 e. The van der Waals surface area contributed by atoms with E-state index in [1.165, 1.54) is 17.7 Å². The first-order chi connectivity index (χ1) is 9.11. The van der Waals surface area contributed by atoms with Gasteiger partial charge < -0.3 is 10.4 Å². The van der Waals surface area contributed by atoms with Gasteiger partial charge in [-0.3, -0.25) is 9.69 Å². The minimum Gasteiger partial charge on any atom is -0.395 e. The van der Waals surface area contributed by atoms with Crippen molar-refractivity contribution in [3.8, 4) is 0 Å². The van der Waals surface area contributed by atoms with Gasteiger partial charge in [0.25, 0.3) is 6.43 Å². The molecule has 19 heavy (non-hydrogen) atoms. The third kappa shape index (κ3) is 7.42. The van der Waals surface area contributed by atoms with Gasteiger partial charge in [0, 0.05) is 12.6 Å². The van der Waals surface area contributed by atoms with Crippen LogP contribution in [-0.4, -0.2) is 54.6 Å². The van der Waals surface area contributed by atoms with Gasteiger partial charge >= 0.3 is 0 Å². The number of carbonyl (C=O) groups excluding carboxylic acids is 1. The van der Waals surface area contributed by atoms with E-state index >= 15 is 0 Å². The molecule has 6 heteroatoms. The second kappa shape index (κ2) is 9.20. The third-order valence-electron chi connectivity index (χ3n) is 3.40. The molecule has 0 atom stereocenters. The first-order valence-corrected chi connectivity index (χ1v) is 7.02. The Kier molecular flexibility index (Phi) is 7.90. The van der Waals surface area contributed by atoms with Gasteiger partial charge in [-0.1, -0.05) is 25.7 Å². The molecule has 0 radical (unpaired) electrons. The average molecular weight is 278 g/mol. The highest BCUT2D eigenvalue weighted by Gasteiger charge is 2.18. The Morgan fingerprint density at radius 3 is 2.42 bits per heavy atom. The lowest BCUT2D eigenvalue weighted by atomic mass is 10.1. The van der Waals surface area contributed by atoms with Crippen LogP contribution in [0.3, 0.4) is 0 Å². The SMILES string of the molecule is O=C(CN(CCO)CC(F)F)NC1CCCCCC1. The zero-order valence-corrected chi connectivity index (χ0v) is 11.3. The van der Waals surface area contributed by atoms with Crippen LogP contribution in [0, 0.1) is 0 Å². The number of aliphatic hydroxyl groups excluding tert-OH is 1. The molecule has 0 aromatic heterocycles. The Balaban J connectivity index is 2.33. The van der Waals surface area contributed by atoms with Crippen molar-refractivity contribution in [2.24, 2.45) is 0 Å². The first-order valence-electron chi connectivity index (χ1n) is 7.02. The minimum atomic E-state index is -2.49. The monoisotopic (exact) mass is 278 g/mol. The highest BCUT2D eigenvalue weighted by Crippen LogP contribution is 2.17. The predicted octanol–water partition coefficient (Wildman–Crippen LogP) is 1.38. The molecule has 1 aliphatic rings. The van der Waals surface area contributed by atoms with E-state index in [4.69, 9.17) is 5.11 Å². The summed E-state index contributed by atoms with van der Waals surface area (Å²) in [5, 5.41) is 11.7. The molecular formula is C13H24F2N2O2. The average Bonchev–Trinajstić information content (AvgIpc) is 2.56. The lowest BCUT2D eigenvalue weighted by Gasteiger charge is -2.22. The molecule has 0 aromatic rings. The van der Waals surface area contributed by atoms with Crippen LogP contribution in [0.1, 0.15) is 38.5 Å². The molecule has 1 rings (SSSR count). The van der Waals surface area contributed by atoms with Gasteiger partial charge in [-0.2, -0.15) is 0 Å². The Hall–Kier alpha value is -0.750. The number of halogens is 2. The number of hydrogen-bond acceptors (Lipinski definition) is 3. The highest BCUT2D eigenvalue weighted by molar-refractivity contribution is 5.78. The zero-order chi connectivity index (χ0) is 14.1. The number of amides is 1. The van der Waals surface area contributed by atoms with Crippen molar-refractivity contribution in [3.63, 3.8) is 0 Å². The molecule has 0 aliphatic heterocycles. The second-order valence-electron chi connectivity index (χ2n) is 5.11. The Bertz CT molecular complexity index is 257. The van der Waals surface area contributed by atoms with Gasteiger partial charge in [0.2, 0.25) is 5.91 Å². The molecule has 1 amide bonds. The van der Waals surface area contributed by atoms with Crippen LogP contribution in [0.5, 0.6) is 0 Å². The summed E-state index contributed by atoms with van der Waals surface area (Å²) in [6, 6.07) is 0.178. The van der Waals surface area contributed by atoms with Crippen molar-refractivity contribution in [3.05, 3.63) is 0 Å². The summed E-state index contributed by atoms with van der Waals surface area (Å²) < 4.78 is 24.6. The fourth-order valence-corrected chi connectivity index (χ4v) is 2.47. The fraction of sp³-hybridized carbons (Fsp3) is 0.923. The third-order valence-corrected chi connectivity index (χ3v) is 3.40. The normalized spacial score (nSPS) is 17.7. The molecular weight excluding hydrogens is 254 g/mol. The number of aliphatic hydroxyl groups is 1. The number of alkyl halides is 2. The van der Waals surface area contributed by atoms with E-state index < -0.39 is 13.0 Å². The highest BCUT2D eigenvalue weighted by atomic mass is 19.3. The topological polar surface area (TPSA) is 52.6 Å². The molecule has 0 bridgehead atoms. The Morgan fingerprint density at radius 1 is 1.26 bits per heavy atom. The van der Waals surface area contributed by atoms with E-state index in [-0.39, 0.29) is 31.6 Å². The first kappa shape index (κ1) is 16.3. The summed E-state index contributed by atoms with van der Waals surface area (Å²) in [5.74, 6) is -0.221.